The fourth-order valence-electron chi connectivity index (χ4n) is 3.69. The van der Waals surface area contributed by atoms with E-state index < -0.39 is 16.1 Å². The van der Waals surface area contributed by atoms with E-state index in [1.165, 1.54) is 19.2 Å². The molecular formula is C23H18ClN3O5S. The molecule has 1 fully saturated rings. The Morgan fingerprint density at radius 1 is 1.09 bits per heavy atom. The zero-order chi connectivity index (χ0) is 23.9. The average Bonchev–Trinajstić information content (AvgIpc) is 3.22. The van der Waals surface area contributed by atoms with E-state index in [4.69, 9.17) is 16.3 Å². The molecule has 0 unspecified atom stereocenters. The number of methoxy groups -OCH3 is 1. The SMILES string of the molecule is COc1ccc([N+](=O)[O-])cc1-n1c(C)cc(/C=C2/SC(=O)N(c3ccc(Cl)cc3)C2=O)c1C. The maximum absolute atomic E-state index is 13.0. The van der Waals surface area contributed by atoms with Crippen LogP contribution in [0.15, 0.2) is 53.4 Å². The number of halogens is 1. The molecular weight excluding hydrogens is 466 g/mol. The van der Waals surface area contributed by atoms with Gasteiger partial charge >= 0.3 is 0 Å². The Morgan fingerprint density at radius 2 is 1.79 bits per heavy atom. The number of anilines is 1. The van der Waals surface area contributed by atoms with Gasteiger partial charge in [0.2, 0.25) is 0 Å². The summed E-state index contributed by atoms with van der Waals surface area (Å²) < 4.78 is 7.23. The number of rotatable bonds is 5. The van der Waals surface area contributed by atoms with Gasteiger partial charge in [0.05, 0.1) is 28.3 Å². The van der Waals surface area contributed by atoms with E-state index in [1.54, 1.807) is 36.4 Å². The van der Waals surface area contributed by atoms with Crippen molar-refractivity contribution in [3.05, 3.63) is 85.5 Å². The molecule has 0 N–H and O–H groups in total. The maximum Gasteiger partial charge on any atom is 0.298 e. The van der Waals surface area contributed by atoms with Crippen LogP contribution in [0.25, 0.3) is 11.8 Å². The van der Waals surface area contributed by atoms with E-state index in [0.717, 1.165) is 28.0 Å². The van der Waals surface area contributed by atoms with E-state index in [1.807, 2.05) is 24.5 Å². The lowest BCUT2D eigenvalue weighted by Gasteiger charge is -2.14. The molecule has 2 amide bonds. The maximum atomic E-state index is 13.0. The first-order valence-electron chi connectivity index (χ1n) is 9.76. The summed E-state index contributed by atoms with van der Waals surface area (Å²) in [5.41, 5.74) is 3.12. The van der Waals surface area contributed by atoms with Gasteiger partial charge < -0.3 is 9.30 Å². The van der Waals surface area contributed by atoms with Crippen LogP contribution >= 0.6 is 23.4 Å². The number of benzene rings is 2. The number of carbonyl (C=O) groups excluding carboxylic acids is 2. The third-order valence-electron chi connectivity index (χ3n) is 5.25. The van der Waals surface area contributed by atoms with Gasteiger partial charge in [0, 0.05) is 28.5 Å². The van der Waals surface area contributed by atoms with Gasteiger partial charge in [-0.2, -0.15) is 0 Å². The Bertz CT molecular complexity index is 1330. The molecule has 0 saturated carbocycles. The summed E-state index contributed by atoms with van der Waals surface area (Å²) in [6.07, 6.45) is 1.66. The minimum absolute atomic E-state index is 0.0658. The lowest BCUT2D eigenvalue weighted by Crippen LogP contribution is -2.27. The van der Waals surface area contributed by atoms with Crippen molar-refractivity contribution < 1.29 is 19.2 Å². The standard InChI is InChI=1S/C23H18ClN3O5S/c1-13-10-15(14(2)25(13)19-12-18(27(30)31)8-9-20(19)32-3)11-21-22(28)26(23(29)33-21)17-6-4-16(24)5-7-17/h4-12H,1-3H3/b21-11+. The van der Waals surface area contributed by atoms with Gasteiger partial charge in [0.1, 0.15) is 5.75 Å². The highest BCUT2D eigenvalue weighted by Crippen LogP contribution is 2.38. The summed E-state index contributed by atoms with van der Waals surface area (Å²) >= 11 is 6.76. The molecule has 0 atom stereocenters. The first-order valence-corrected chi connectivity index (χ1v) is 11.0. The molecule has 0 spiro atoms. The normalized spacial score (nSPS) is 14.9. The van der Waals surface area contributed by atoms with Gasteiger partial charge in [-0.1, -0.05) is 11.6 Å². The smallest absolute Gasteiger partial charge is 0.298 e. The van der Waals surface area contributed by atoms with Crippen molar-refractivity contribution in [2.45, 2.75) is 13.8 Å². The predicted molar refractivity (Wildman–Crippen MR) is 128 cm³/mol. The van der Waals surface area contributed by atoms with Crippen LogP contribution in [0.2, 0.25) is 5.02 Å². The highest BCUT2D eigenvalue weighted by atomic mass is 35.5. The van der Waals surface area contributed by atoms with Crippen molar-refractivity contribution in [1.82, 2.24) is 4.57 Å². The van der Waals surface area contributed by atoms with Gasteiger partial charge in [-0.05, 0) is 73.6 Å². The van der Waals surface area contributed by atoms with Crippen molar-refractivity contribution in [2.24, 2.45) is 0 Å². The summed E-state index contributed by atoms with van der Waals surface area (Å²) in [4.78, 5) is 37.7. The van der Waals surface area contributed by atoms with E-state index >= 15 is 0 Å². The van der Waals surface area contributed by atoms with Gasteiger partial charge in [-0.15, -0.1) is 0 Å². The number of carbonyl (C=O) groups is 2. The molecule has 2 aromatic carbocycles. The molecule has 1 saturated heterocycles. The van der Waals surface area contributed by atoms with Crippen molar-refractivity contribution in [1.29, 1.82) is 0 Å². The number of imide groups is 1. The molecule has 168 valence electrons. The number of non-ortho nitro benzene ring substituents is 1. The average molecular weight is 484 g/mol. The first-order chi connectivity index (χ1) is 15.7. The number of hydrogen-bond donors (Lipinski definition) is 0. The number of hydrogen-bond acceptors (Lipinski definition) is 6. The molecule has 1 aliphatic heterocycles. The van der Waals surface area contributed by atoms with Crippen molar-refractivity contribution >= 4 is 52.0 Å². The summed E-state index contributed by atoms with van der Waals surface area (Å²) in [5.74, 6) is 0.0436. The number of nitro groups is 1. The van der Waals surface area contributed by atoms with Gasteiger partial charge in [0.15, 0.2) is 0 Å². The quantitative estimate of drug-likeness (QED) is 0.254. The Balaban J connectivity index is 1.75. The second-order valence-electron chi connectivity index (χ2n) is 7.27. The molecule has 1 aliphatic rings. The predicted octanol–water partition coefficient (Wildman–Crippen LogP) is 5.91. The zero-order valence-corrected chi connectivity index (χ0v) is 19.4. The van der Waals surface area contributed by atoms with Crippen LogP contribution < -0.4 is 9.64 Å². The summed E-state index contributed by atoms with van der Waals surface area (Å²) in [7, 11) is 1.49. The summed E-state index contributed by atoms with van der Waals surface area (Å²) in [6.45, 7) is 3.68. The molecule has 0 bridgehead atoms. The number of nitro benzene ring substituents is 1. The van der Waals surface area contributed by atoms with Crippen molar-refractivity contribution in [2.75, 3.05) is 12.0 Å². The molecule has 0 aliphatic carbocycles. The highest BCUT2D eigenvalue weighted by Gasteiger charge is 2.36. The molecule has 3 aromatic rings. The van der Waals surface area contributed by atoms with Crippen LogP contribution in [0.4, 0.5) is 16.2 Å². The van der Waals surface area contributed by atoms with Gasteiger partial charge in [0.25, 0.3) is 16.8 Å². The van der Waals surface area contributed by atoms with E-state index in [2.05, 4.69) is 0 Å². The zero-order valence-electron chi connectivity index (χ0n) is 17.9. The van der Waals surface area contributed by atoms with Crippen LogP contribution in [0.1, 0.15) is 17.0 Å². The Hall–Kier alpha value is -3.56. The molecule has 2 heterocycles. The first kappa shape index (κ1) is 22.6. The number of aromatic nitrogens is 1. The van der Waals surface area contributed by atoms with Crippen LogP contribution in [-0.2, 0) is 4.79 Å². The Kier molecular flexibility index (Phi) is 6.01. The van der Waals surface area contributed by atoms with Crippen LogP contribution in [0.5, 0.6) is 5.75 Å². The third kappa shape index (κ3) is 4.12. The van der Waals surface area contributed by atoms with Crippen LogP contribution in [0, 0.1) is 24.0 Å². The molecule has 10 heteroatoms. The second-order valence-corrected chi connectivity index (χ2v) is 8.70. The van der Waals surface area contributed by atoms with Gasteiger partial charge in [-0.3, -0.25) is 19.7 Å². The molecule has 4 rings (SSSR count). The fourth-order valence-corrected chi connectivity index (χ4v) is 4.65. The number of aryl methyl sites for hydroxylation is 1. The van der Waals surface area contributed by atoms with Crippen molar-refractivity contribution in [3.63, 3.8) is 0 Å². The van der Waals surface area contributed by atoms with E-state index in [0.29, 0.717) is 27.7 Å². The molecule has 33 heavy (non-hydrogen) atoms. The second kappa shape index (κ2) is 8.76. The lowest BCUT2D eigenvalue weighted by molar-refractivity contribution is -0.384. The topological polar surface area (TPSA) is 94.7 Å². The summed E-state index contributed by atoms with van der Waals surface area (Å²) in [5, 5.41) is 11.4. The number of amides is 2. The Morgan fingerprint density at radius 3 is 2.42 bits per heavy atom. The molecule has 8 nitrogen and oxygen atoms in total. The molecule has 0 radical (unpaired) electrons. The minimum atomic E-state index is -0.467. The Labute approximate surface area is 198 Å². The fraction of sp³-hybridized carbons (Fsp3) is 0.130. The van der Waals surface area contributed by atoms with E-state index in [9.17, 15) is 19.7 Å². The highest BCUT2D eigenvalue weighted by molar-refractivity contribution is 8.19. The number of nitrogens with zero attached hydrogens (tertiary/aromatic N) is 3. The molecule has 1 aromatic heterocycles. The van der Waals surface area contributed by atoms with E-state index in [-0.39, 0.29) is 10.6 Å². The van der Waals surface area contributed by atoms with Gasteiger partial charge in [-0.25, -0.2) is 4.90 Å². The van der Waals surface area contributed by atoms with Crippen LogP contribution in [0.3, 0.4) is 0 Å². The monoisotopic (exact) mass is 483 g/mol. The number of thioether (sulfide) groups is 1. The lowest BCUT2D eigenvalue weighted by atomic mass is 10.2. The van der Waals surface area contributed by atoms with Crippen molar-refractivity contribution in [3.8, 4) is 11.4 Å². The largest absolute Gasteiger partial charge is 0.495 e. The third-order valence-corrected chi connectivity index (χ3v) is 6.37. The minimum Gasteiger partial charge on any atom is -0.495 e. The van der Waals surface area contributed by atoms with Crippen LogP contribution in [-0.4, -0.2) is 27.7 Å². The number of ether oxygens (including phenoxy) is 1. The summed E-state index contributed by atoms with van der Waals surface area (Å²) in [6, 6.07) is 12.7.